The molecule has 1 aliphatic heterocycles. The summed E-state index contributed by atoms with van der Waals surface area (Å²) in [6.07, 6.45) is -0.821. The molecule has 0 bridgehead atoms. The normalized spacial score (nSPS) is 18.8. The van der Waals surface area contributed by atoms with Gasteiger partial charge in [0.15, 0.2) is 11.5 Å². The maximum Gasteiger partial charge on any atom is 0.161 e. The van der Waals surface area contributed by atoms with Crippen LogP contribution in [0, 0.1) is 0 Å². The Hall–Kier alpha value is -2.60. The minimum absolute atomic E-state index is 0.418. The topological polar surface area (TPSA) is 66.4 Å². The van der Waals surface area contributed by atoms with Crippen LogP contribution in [-0.4, -0.2) is 39.6 Å². The van der Waals surface area contributed by atoms with Gasteiger partial charge < -0.3 is 28.8 Å². The van der Waals surface area contributed by atoms with Crippen molar-refractivity contribution in [3.8, 4) is 28.7 Å². The zero-order valence-electron chi connectivity index (χ0n) is 14.7. The number of benzene rings is 2. The molecule has 1 aliphatic rings. The minimum atomic E-state index is -0.715. The summed E-state index contributed by atoms with van der Waals surface area (Å²) in [5, 5.41) is 10.6. The summed E-state index contributed by atoms with van der Waals surface area (Å²) in [5.74, 6) is 3.13. The Labute approximate surface area is 146 Å². The fourth-order valence-corrected chi connectivity index (χ4v) is 3.05. The maximum atomic E-state index is 10.6. The molecule has 1 heterocycles. The summed E-state index contributed by atoms with van der Waals surface area (Å²) < 4.78 is 27.4. The van der Waals surface area contributed by atoms with Gasteiger partial charge in [-0.25, -0.2) is 0 Å². The highest BCUT2D eigenvalue weighted by atomic mass is 16.5. The summed E-state index contributed by atoms with van der Waals surface area (Å²) in [5.41, 5.74) is 1.63. The Morgan fingerprint density at radius 3 is 2.24 bits per heavy atom. The smallest absolute Gasteiger partial charge is 0.161 e. The van der Waals surface area contributed by atoms with E-state index in [4.69, 9.17) is 23.7 Å². The number of ether oxygens (including phenoxy) is 5. The highest BCUT2D eigenvalue weighted by molar-refractivity contribution is 5.53. The lowest BCUT2D eigenvalue weighted by atomic mass is 9.94. The summed E-state index contributed by atoms with van der Waals surface area (Å²) in [7, 11) is 6.33. The van der Waals surface area contributed by atoms with Gasteiger partial charge in [-0.3, -0.25) is 0 Å². The Morgan fingerprint density at radius 2 is 1.60 bits per heavy atom. The van der Waals surface area contributed by atoms with Crippen molar-refractivity contribution in [1.29, 1.82) is 0 Å². The lowest BCUT2D eigenvalue weighted by Gasteiger charge is -2.32. The zero-order valence-corrected chi connectivity index (χ0v) is 14.7. The number of methoxy groups -OCH3 is 4. The molecule has 0 unspecified atom stereocenters. The second-order valence-corrected chi connectivity index (χ2v) is 5.73. The fraction of sp³-hybridized carbons (Fsp3) is 0.368. The van der Waals surface area contributed by atoms with Crippen molar-refractivity contribution in [1.82, 2.24) is 0 Å². The number of hydrogen-bond donors (Lipinski definition) is 1. The molecule has 2 aromatic carbocycles. The van der Waals surface area contributed by atoms with E-state index in [0.717, 1.165) is 11.1 Å². The number of rotatable bonds is 5. The van der Waals surface area contributed by atoms with Crippen molar-refractivity contribution < 1.29 is 28.8 Å². The molecule has 0 radical (unpaired) electrons. The molecule has 25 heavy (non-hydrogen) atoms. The van der Waals surface area contributed by atoms with Crippen molar-refractivity contribution >= 4 is 0 Å². The number of hydrogen-bond acceptors (Lipinski definition) is 6. The first-order chi connectivity index (χ1) is 12.1. The van der Waals surface area contributed by atoms with E-state index in [0.29, 0.717) is 35.2 Å². The first kappa shape index (κ1) is 17.2. The van der Waals surface area contributed by atoms with Gasteiger partial charge in [0.2, 0.25) is 0 Å². The van der Waals surface area contributed by atoms with Crippen LogP contribution < -0.4 is 23.7 Å². The molecule has 0 saturated carbocycles. The number of aliphatic hydroxyl groups is 1. The van der Waals surface area contributed by atoms with Gasteiger partial charge in [0.25, 0.3) is 0 Å². The van der Waals surface area contributed by atoms with Crippen molar-refractivity contribution in [2.24, 2.45) is 0 Å². The van der Waals surface area contributed by atoms with Crippen LogP contribution in [0.3, 0.4) is 0 Å². The highest BCUT2D eigenvalue weighted by Crippen LogP contribution is 2.43. The first-order valence-electron chi connectivity index (χ1n) is 7.92. The average Bonchev–Trinajstić information content (AvgIpc) is 2.66. The van der Waals surface area contributed by atoms with E-state index in [2.05, 4.69) is 0 Å². The van der Waals surface area contributed by atoms with Gasteiger partial charge in [-0.05, 0) is 17.7 Å². The quantitative estimate of drug-likeness (QED) is 0.898. The van der Waals surface area contributed by atoms with Crippen LogP contribution in [-0.2, 0) is 6.42 Å². The molecule has 3 rings (SSSR count). The van der Waals surface area contributed by atoms with Crippen LogP contribution in [0.2, 0.25) is 0 Å². The molecule has 134 valence electrons. The van der Waals surface area contributed by atoms with Crippen LogP contribution in [0.5, 0.6) is 28.7 Å². The predicted molar refractivity (Wildman–Crippen MR) is 92.2 cm³/mol. The summed E-state index contributed by atoms with van der Waals surface area (Å²) in [4.78, 5) is 0. The first-order valence-corrected chi connectivity index (χ1v) is 7.92. The van der Waals surface area contributed by atoms with Gasteiger partial charge in [-0.15, -0.1) is 0 Å². The van der Waals surface area contributed by atoms with Crippen LogP contribution in [0.4, 0.5) is 0 Å². The Balaban J connectivity index is 1.99. The van der Waals surface area contributed by atoms with Crippen LogP contribution in [0.15, 0.2) is 30.3 Å². The van der Waals surface area contributed by atoms with E-state index in [1.165, 1.54) is 0 Å². The van der Waals surface area contributed by atoms with Crippen molar-refractivity contribution in [2.75, 3.05) is 28.4 Å². The van der Waals surface area contributed by atoms with Gasteiger partial charge in [0, 0.05) is 24.1 Å². The van der Waals surface area contributed by atoms with E-state index in [1.807, 2.05) is 12.1 Å². The Morgan fingerprint density at radius 1 is 0.880 bits per heavy atom. The number of aliphatic hydroxyl groups excluding tert-OH is 1. The van der Waals surface area contributed by atoms with E-state index >= 15 is 0 Å². The van der Waals surface area contributed by atoms with Gasteiger partial charge in [-0.1, -0.05) is 6.07 Å². The molecule has 0 aromatic heterocycles. The maximum absolute atomic E-state index is 10.6. The van der Waals surface area contributed by atoms with Gasteiger partial charge >= 0.3 is 0 Å². The summed E-state index contributed by atoms with van der Waals surface area (Å²) >= 11 is 0. The summed E-state index contributed by atoms with van der Waals surface area (Å²) in [6.45, 7) is 0. The molecule has 0 amide bonds. The van der Waals surface area contributed by atoms with Crippen LogP contribution >= 0.6 is 0 Å². The molecule has 0 spiro atoms. The zero-order chi connectivity index (χ0) is 18.0. The van der Waals surface area contributed by atoms with E-state index in [1.54, 1.807) is 46.6 Å². The molecule has 0 saturated heterocycles. The minimum Gasteiger partial charge on any atom is -0.496 e. The Kier molecular flexibility index (Phi) is 4.90. The molecule has 0 fully saturated rings. The average molecular weight is 346 g/mol. The summed E-state index contributed by atoms with van der Waals surface area (Å²) in [6, 6.07) is 9.06. The third kappa shape index (κ3) is 3.17. The molecular weight excluding hydrogens is 324 g/mol. The molecule has 6 heteroatoms. The highest BCUT2D eigenvalue weighted by Gasteiger charge is 2.33. The molecule has 1 N–H and O–H groups in total. The standard InChI is InChI=1S/C19H22O6/c1-21-12-8-16(23-3)13-10-14(20)19(25-17(13)9-12)11-5-6-15(22-2)18(7-11)24-4/h5-9,14,19-20H,10H2,1-4H3/t14-,19-/m0/s1. The third-order valence-electron chi connectivity index (χ3n) is 4.35. The molecule has 2 aromatic rings. The van der Waals surface area contributed by atoms with E-state index in [-0.39, 0.29) is 0 Å². The largest absolute Gasteiger partial charge is 0.496 e. The van der Waals surface area contributed by atoms with Gasteiger partial charge in [0.1, 0.15) is 23.4 Å². The molecular formula is C19H22O6. The lowest BCUT2D eigenvalue weighted by molar-refractivity contribution is 0.0196. The molecule has 2 atom stereocenters. The van der Waals surface area contributed by atoms with Gasteiger partial charge in [-0.2, -0.15) is 0 Å². The van der Waals surface area contributed by atoms with Crippen LogP contribution in [0.25, 0.3) is 0 Å². The second-order valence-electron chi connectivity index (χ2n) is 5.73. The van der Waals surface area contributed by atoms with Crippen molar-refractivity contribution in [3.63, 3.8) is 0 Å². The Bertz CT molecular complexity index is 758. The van der Waals surface area contributed by atoms with E-state index < -0.39 is 12.2 Å². The van der Waals surface area contributed by atoms with Crippen LogP contribution in [0.1, 0.15) is 17.2 Å². The molecule has 6 nitrogen and oxygen atoms in total. The monoisotopic (exact) mass is 346 g/mol. The predicted octanol–water partition coefficient (Wildman–Crippen LogP) is 2.76. The fourth-order valence-electron chi connectivity index (χ4n) is 3.05. The SMILES string of the molecule is COc1cc(OC)c2c(c1)O[C@@H](c1ccc(OC)c(OC)c1)[C@@H](O)C2. The lowest BCUT2D eigenvalue weighted by Crippen LogP contribution is -2.30. The number of fused-ring (bicyclic) bond motifs is 1. The van der Waals surface area contributed by atoms with Crippen molar-refractivity contribution in [2.45, 2.75) is 18.6 Å². The molecule has 0 aliphatic carbocycles. The van der Waals surface area contributed by atoms with Gasteiger partial charge in [0.05, 0.1) is 34.5 Å². The van der Waals surface area contributed by atoms with Crippen molar-refractivity contribution in [3.05, 3.63) is 41.5 Å². The second kappa shape index (κ2) is 7.11. The third-order valence-corrected chi connectivity index (χ3v) is 4.35. The van der Waals surface area contributed by atoms with E-state index in [9.17, 15) is 5.11 Å².